The van der Waals surface area contributed by atoms with Gasteiger partial charge in [0, 0.05) is 6.61 Å². The van der Waals surface area contributed by atoms with E-state index in [-0.39, 0.29) is 25.0 Å². The van der Waals surface area contributed by atoms with Crippen LogP contribution in [0.5, 0.6) is 0 Å². The van der Waals surface area contributed by atoms with Gasteiger partial charge in [-0.3, -0.25) is 4.79 Å². The normalized spacial score (nSPS) is 11.6. The van der Waals surface area contributed by atoms with Gasteiger partial charge in [0.2, 0.25) is 0 Å². The van der Waals surface area contributed by atoms with E-state index in [0.717, 1.165) is 6.42 Å². The van der Waals surface area contributed by atoms with Crippen molar-refractivity contribution >= 4 is 18.4 Å². The zero-order valence-corrected chi connectivity index (χ0v) is 7.97. The molecule has 12 heavy (non-hydrogen) atoms. The fraction of sp³-hybridized carbons (Fsp3) is 0.857. The number of esters is 1. The Hall–Kier alpha value is -0.320. The van der Waals surface area contributed by atoms with Crippen molar-refractivity contribution in [3.05, 3.63) is 0 Å². The van der Waals surface area contributed by atoms with Crippen molar-refractivity contribution in [1.82, 2.24) is 0 Å². The number of ether oxygens (including phenoxy) is 1. The molecule has 0 saturated heterocycles. The largest absolute Gasteiger partial charge is 0.468 e. The Bertz CT molecular complexity index is 121. The first-order valence-corrected chi connectivity index (χ1v) is 3.66. The van der Waals surface area contributed by atoms with Gasteiger partial charge in [-0.2, -0.15) is 0 Å². The van der Waals surface area contributed by atoms with Gasteiger partial charge in [0.15, 0.2) is 0 Å². The molecule has 0 unspecified atom stereocenters. The standard InChI is InChI=1S/C7H15NO3.ClH/c1-11-7(10)6(8)4-2-3-5-9;/h6,9H,2-5,8H2,1H3;1H/t6-;/m0./s1. The zero-order valence-electron chi connectivity index (χ0n) is 7.16. The Balaban J connectivity index is 0. The maximum atomic E-state index is 10.7. The monoisotopic (exact) mass is 197 g/mol. The fourth-order valence-corrected chi connectivity index (χ4v) is 0.745. The lowest BCUT2D eigenvalue weighted by Gasteiger charge is -2.07. The third-order valence-corrected chi connectivity index (χ3v) is 1.43. The van der Waals surface area contributed by atoms with Gasteiger partial charge in [-0.05, 0) is 19.3 Å². The minimum Gasteiger partial charge on any atom is -0.468 e. The molecule has 0 aliphatic rings. The third kappa shape index (κ3) is 6.39. The number of carbonyl (C=O) groups excluding carboxylic acids is 1. The lowest BCUT2D eigenvalue weighted by molar-refractivity contribution is -0.142. The summed E-state index contributed by atoms with van der Waals surface area (Å²) in [5, 5.41) is 8.42. The number of hydrogen-bond acceptors (Lipinski definition) is 4. The Morgan fingerprint density at radius 1 is 1.58 bits per heavy atom. The van der Waals surface area contributed by atoms with Crippen LogP contribution in [-0.4, -0.2) is 30.8 Å². The summed E-state index contributed by atoms with van der Waals surface area (Å²) >= 11 is 0. The minimum absolute atomic E-state index is 0. The summed E-state index contributed by atoms with van der Waals surface area (Å²) < 4.78 is 4.42. The molecule has 0 aromatic carbocycles. The van der Waals surface area contributed by atoms with Gasteiger partial charge in [-0.25, -0.2) is 0 Å². The molecule has 0 aliphatic heterocycles. The smallest absolute Gasteiger partial charge is 0.322 e. The van der Waals surface area contributed by atoms with E-state index in [4.69, 9.17) is 10.8 Å². The number of nitrogens with two attached hydrogens (primary N) is 1. The number of aliphatic hydroxyl groups excluding tert-OH is 1. The van der Waals surface area contributed by atoms with Crippen molar-refractivity contribution in [2.75, 3.05) is 13.7 Å². The van der Waals surface area contributed by atoms with Crippen LogP contribution < -0.4 is 5.73 Å². The molecular weight excluding hydrogens is 182 g/mol. The second kappa shape index (κ2) is 8.77. The van der Waals surface area contributed by atoms with Gasteiger partial charge in [-0.15, -0.1) is 12.4 Å². The molecule has 0 bridgehead atoms. The Labute approximate surface area is 78.5 Å². The maximum absolute atomic E-state index is 10.7. The van der Waals surface area contributed by atoms with Gasteiger partial charge in [-0.1, -0.05) is 0 Å². The first kappa shape index (κ1) is 14.2. The highest BCUT2D eigenvalue weighted by molar-refractivity contribution is 5.85. The van der Waals surface area contributed by atoms with E-state index >= 15 is 0 Å². The molecule has 0 rings (SSSR count). The van der Waals surface area contributed by atoms with Crippen LogP contribution in [0.25, 0.3) is 0 Å². The summed E-state index contributed by atoms with van der Waals surface area (Å²) in [6, 6.07) is -0.536. The van der Waals surface area contributed by atoms with Crippen LogP contribution in [0.4, 0.5) is 0 Å². The molecule has 0 radical (unpaired) electrons. The Kier molecular flexibility index (Phi) is 10.4. The number of rotatable bonds is 5. The predicted octanol–water partition coefficient (Wildman–Crippen LogP) is 0.0711. The number of halogens is 1. The van der Waals surface area contributed by atoms with Crippen molar-refractivity contribution in [3.8, 4) is 0 Å². The molecular formula is C7H16ClNO3. The van der Waals surface area contributed by atoms with E-state index in [1.165, 1.54) is 7.11 Å². The molecule has 0 spiro atoms. The highest BCUT2D eigenvalue weighted by Gasteiger charge is 2.11. The molecule has 3 N–H and O–H groups in total. The Morgan fingerprint density at radius 3 is 2.58 bits per heavy atom. The van der Waals surface area contributed by atoms with Crippen molar-refractivity contribution in [1.29, 1.82) is 0 Å². The van der Waals surface area contributed by atoms with E-state index in [9.17, 15) is 4.79 Å². The van der Waals surface area contributed by atoms with Crippen LogP contribution in [0.15, 0.2) is 0 Å². The topological polar surface area (TPSA) is 72.5 Å². The number of hydrogen-bond donors (Lipinski definition) is 2. The van der Waals surface area contributed by atoms with Gasteiger partial charge >= 0.3 is 5.97 Å². The van der Waals surface area contributed by atoms with E-state index < -0.39 is 6.04 Å². The van der Waals surface area contributed by atoms with Crippen molar-refractivity contribution in [2.24, 2.45) is 5.73 Å². The van der Waals surface area contributed by atoms with Crippen LogP contribution in [0, 0.1) is 0 Å². The van der Waals surface area contributed by atoms with Crippen LogP contribution in [0.1, 0.15) is 19.3 Å². The number of unbranched alkanes of at least 4 members (excludes halogenated alkanes) is 1. The van der Waals surface area contributed by atoms with Crippen LogP contribution in [0.2, 0.25) is 0 Å². The number of carbonyl (C=O) groups is 1. The molecule has 4 nitrogen and oxygen atoms in total. The highest BCUT2D eigenvalue weighted by Crippen LogP contribution is 1.99. The average Bonchev–Trinajstić information content (AvgIpc) is 2.03. The van der Waals surface area contributed by atoms with Gasteiger partial charge < -0.3 is 15.6 Å². The molecule has 0 fully saturated rings. The first-order chi connectivity index (χ1) is 5.22. The van der Waals surface area contributed by atoms with E-state index in [1.807, 2.05) is 0 Å². The fourth-order valence-electron chi connectivity index (χ4n) is 0.745. The summed E-state index contributed by atoms with van der Waals surface area (Å²) in [6.07, 6.45) is 2.02. The van der Waals surface area contributed by atoms with E-state index in [0.29, 0.717) is 12.8 Å². The second-order valence-electron chi connectivity index (χ2n) is 2.35. The molecule has 0 aromatic rings. The second-order valence-corrected chi connectivity index (χ2v) is 2.35. The average molecular weight is 198 g/mol. The summed E-state index contributed by atoms with van der Waals surface area (Å²) in [5.41, 5.74) is 5.41. The number of methoxy groups -OCH3 is 1. The van der Waals surface area contributed by atoms with E-state index in [2.05, 4.69) is 4.74 Å². The lowest BCUT2D eigenvalue weighted by Crippen LogP contribution is -2.31. The molecule has 0 amide bonds. The molecule has 0 heterocycles. The van der Waals surface area contributed by atoms with Crippen molar-refractivity contribution in [3.63, 3.8) is 0 Å². The molecule has 5 heteroatoms. The van der Waals surface area contributed by atoms with Crippen molar-refractivity contribution < 1.29 is 14.6 Å². The zero-order chi connectivity index (χ0) is 8.69. The van der Waals surface area contributed by atoms with Gasteiger partial charge in [0.25, 0.3) is 0 Å². The molecule has 0 aliphatic carbocycles. The highest BCUT2D eigenvalue weighted by atomic mass is 35.5. The van der Waals surface area contributed by atoms with Crippen molar-refractivity contribution in [2.45, 2.75) is 25.3 Å². The van der Waals surface area contributed by atoms with Crippen LogP contribution in [0.3, 0.4) is 0 Å². The first-order valence-electron chi connectivity index (χ1n) is 3.66. The molecule has 1 atom stereocenters. The minimum atomic E-state index is -0.536. The SMILES string of the molecule is COC(=O)[C@@H](N)CCCCO.Cl. The quantitative estimate of drug-likeness (QED) is 0.483. The van der Waals surface area contributed by atoms with Crippen LogP contribution in [-0.2, 0) is 9.53 Å². The molecule has 0 saturated carbocycles. The summed E-state index contributed by atoms with van der Waals surface area (Å²) in [6.45, 7) is 0.147. The molecule has 0 aromatic heterocycles. The van der Waals surface area contributed by atoms with Crippen LogP contribution >= 0.6 is 12.4 Å². The van der Waals surface area contributed by atoms with E-state index in [1.54, 1.807) is 0 Å². The summed E-state index contributed by atoms with van der Waals surface area (Å²) in [5.74, 6) is -0.386. The molecule has 74 valence electrons. The maximum Gasteiger partial charge on any atom is 0.322 e. The predicted molar refractivity (Wildman–Crippen MR) is 48.2 cm³/mol. The van der Waals surface area contributed by atoms with Gasteiger partial charge in [0.1, 0.15) is 6.04 Å². The van der Waals surface area contributed by atoms with Gasteiger partial charge in [0.05, 0.1) is 7.11 Å². The Morgan fingerprint density at radius 2 is 2.17 bits per heavy atom. The lowest BCUT2D eigenvalue weighted by atomic mass is 10.1. The third-order valence-electron chi connectivity index (χ3n) is 1.43. The summed E-state index contributed by atoms with van der Waals surface area (Å²) in [7, 11) is 1.31. The number of aliphatic hydroxyl groups is 1. The summed E-state index contributed by atoms with van der Waals surface area (Å²) in [4.78, 5) is 10.7.